The van der Waals surface area contributed by atoms with Crippen molar-refractivity contribution in [2.45, 2.75) is 32.4 Å². The third-order valence-electron chi connectivity index (χ3n) is 4.67. The van der Waals surface area contributed by atoms with Crippen molar-refractivity contribution in [2.75, 3.05) is 7.11 Å². The fourth-order valence-corrected chi connectivity index (χ4v) is 4.61. The van der Waals surface area contributed by atoms with Gasteiger partial charge in [0.2, 0.25) is 5.91 Å². The number of nitrogens with zero attached hydrogens (tertiary/aromatic N) is 2. The minimum absolute atomic E-state index is 0.0401. The maximum Gasteiger partial charge on any atom is 0.262 e. The summed E-state index contributed by atoms with van der Waals surface area (Å²) in [5, 5.41) is 3.54. The number of aryl methyl sites for hydroxylation is 2. The summed E-state index contributed by atoms with van der Waals surface area (Å²) in [6.45, 7) is 0.308. The fourth-order valence-electron chi connectivity index (χ4n) is 3.39. The van der Waals surface area contributed by atoms with E-state index in [0.29, 0.717) is 11.9 Å². The van der Waals surface area contributed by atoms with Crippen LogP contribution in [0.3, 0.4) is 0 Å². The Kier molecular flexibility index (Phi) is 4.46. The first-order valence-electron chi connectivity index (χ1n) is 8.55. The maximum absolute atomic E-state index is 12.8. The monoisotopic (exact) mass is 369 g/mol. The van der Waals surface area contributed by atoms with E-state index < -0.39 is 0 Å². The molecule has 0 spiro atoms. The number of thiophene rings is 1. The molecule has 2 aromatic heterocycles. The number of para-hydroxylation sites is 1. The molecule has 3 aromatic rings. The molecule has 1 aliphatic carbocycles. The Hall–Kier alpha value is -2.67. The summed E-state index contributed by atoms with van der Waals surface area (Å²) < 4.78 is 6.68. The predicted octanol–water partition coefficient (Wildman–Crippen LogP) is 2.27. The van der Waals surface area contributed by atoms with Gasteiger partial charge in [0.15, 0.2) is 0 Å². The number of hydrogen-bond donors (Lipinski definition) is 1. The van der Waals surface area contributed by atoms with E-state index in [1.54, 1.807) is 18.4 Å². The van der Waals surface area contributed by atoms with Gasteiger partial charge in [0.25, 0.3) is 5.56 Å². The minimum Gasteiger partial charge on any atom is -0.496 e. The van der Waals surface area contributed by atoms with Crippen LogP contribution in [-0.2, 0) is 30.7 Å². The molecule has 1 aliphatic rings. The van der Waals surface area contributed by atoms with E-state index in [4.69, 9.17) is 4.74 Å². The van der Waals surface area contributed by atoms with Crippen LogP contribution in [-0.4, -0.2) is 22.6 Å². The third-order valence-corrected chi connectivity index (χ3v) is 5.87. The Bertz CT molecular complexity index is 1040. The largest absolute Gasteiger partial charge is 0.496 e. The summed E-state index contributed by atoms with van der Waals surface area (Å²) >= 11 is 1.60. The summed E-state index contributed by atoms with van der Waals surface area (Å²) in [5.41, 5.74) is 1.90. The molecule has 0 aliphatic heterocycles. The molecular formula is C19H19N3O3S. The Balaban J connectivity index is 1.51. The van der Waals surface area contributed by atoms with E-state index in [1.165, 1.54) is 15.8 Å². The number of hydrogen-bond acceptors (Lipinski definition) is 5. The summed E-state index contributed by atoms with van der Waals surface area (Å²) in [6, 6.07) is 7.52. The van der Waals surface area contributed by atoms with Crippen LogP contribution in [0.1, 0.15) is 22.4 Å². The van der Waals surface area contributed by atoms with Crippen LogP contribution >= 0.6 is 11.3 Å². The number of rotatable bonds is 5. The van der Waals surface area contributed by atoms with Crippen LogP contribution < -0.4 is 15.6 Å². The van der Waals surface area contributed by atoms with Gasteiger partial charge >= 0.3 is 0 Å². The molecule has 1 aromatic carbocycles. The number of nitrogens with one attached hydrogen (secondary N) is 1. The first-order chi connectivity index (χ1) is 12.7. The molecule has 0 saturated carbocycles. The lowest BCUT2D eigenvalue weighted by molar-refractivity contribution is -0.121. The average Bonchev–Trinajstić information content (AvgIpc) is 3.23. The van der Waals surface area contributed by atoms with Crippen molar-refractivity contribution in [1.29, 1.82) is 0 Å². The van der Waals surface area contributed by atoms with E-state index in [1.807, 2.05) is 24.3 Å². The number of amides is 1. The van der Waals surface area contributed by atoms with Crippen molar-refractivity contribution < 1.29 is 9.53 Å². The van der Waals surface area contributed by atoms with Crippen LogP contribution in [0.25, 0.3) is 10.2 Å². The zero-order valence-corrected chi connectivity index (χ0v) is 15.3. The molecule has 7 heteroatoms. The lowest BCUT2D eigenvalue weighted by atomic mass is 10.2. The van der Waals surface area contributed by atoms with Crippen molar-refractivity contribution in [2.24, 2.45) is 0 Å². The van der Waals surface area contributed by atoms with Gasteiger partial charge in [-0.15, -0.1) is 11.3 Å². The number of ether oxygens (including phenoxy) is 1. The first kappa shape index (κ1) is 16.8. The van der Waals surface area contributed by atoms with Crippen LogP contribution in [0.4, 0.5) is 0 Å². The van der Waals surface area contributed by atoms with E-state index in [0.717, 1.165) is 41.0 Å². The van der Waals surface area contributed by atoms with Gasteiger partial charge in [-0.25, -0.2) is 4.98 Å². The molecule has 0 bridgehead atoms. The van der Waals surface area contributed by atoms with E-state index in [2.05, 4.69) is 10.3 Å². The maximum atomic E-state index is 12.8. The Morgan fingerprint density at radius 3 is 3.04 bits per heavy atom. The highest BCUT2D eigenvalue weighted by Crippen LogP contribution is 2.34. The predicted molar refractivity (Wildman–Crippen MR) is 101 cm³/mol. The normalized spacial score (nSPS) is 13.0. The molecule has 26 heavy (non-hydrogen) atoms. The van der Waals surface area contributed by atoms with Gasteiger partial charge in [-0.1, -0.05) is 18.2 Å². The summed E-state index contributed by atoms with van der Waals surface area (Å²) in [5.74, 6) is 0.493. The number of carbonyl (C=O) groups is 1. The van der Waals surface area contributed by atoms with Crippen LogP contribution in [0.15, 0.2) is 35.4 Å². The number of aromatic nitrogens is 2. The van der Waals surface area contributed by atoms with Crippen molar-refractivity contribution in [3.05, 3.63) is 57.0 Å². The molecule has 2 heterocycles. The summed E-state index contributed by atoms with van der Waals surface area (Å²) in [4.78, 5) is 31.5. The van der Waals surface area contributed by atoms with Crippen molar-refractivity contribution in [1.82, 2.24) is 14.9 Å². The number of carbonyl (C=O) groups excluding carboxylic acids is 1. The molecule has 4 rings (SSSR count). The smallest absolute Gasteiger partial charge is 0.262 e. The lowest BCUT2D eigenvalue weighted by Crippen LogP contribution is -2.32. The lowest BCUT2D eigenvalue weighted by Gasteiger charge is -2.10. The SMILES string of the molecule is COc1ccccc1CNC(=O)Cn1cnc2sc3c(c2c1=O)CCC3. The van der Waals surface area contributed by atoms with E-state index in [-0.39, 0.29) is 18.0 Å². The number of fused-ring (bicyclic) bond motifs is 3. The zero-order chi connectivity index (χ0) is 18.1. The standard InChI is InChI=1S/C19H19N3O3S/c1-25-14-7-3-2-5-12(14)9-20-16(23)10-22-11-21-18-17(19(22)24)13-6-4-8-15(13)26-18/h2-3,5,7,11H,4,6,8-10H2,1H3,(H,20,23). The van der Waals surface area contributed by atoms with Gasteiger partial charge in [0.1, 0.15) is 17.1 Å². The Morgan fingerprint density at radius 1 is 1.35 bits per heavy atom. The van der Waals surface area contributed by atoms with Crippen LogP contribution in [0, 0.1) is 0 Å². The molecule has 0 unspecified atom stereocenters. The average molecular weight is 369 g/mol. The van der Waals surface area contributed by atoms with Crippen LogP contribution in [0.5, 0.6) is 5.75 Å². The summed E-state index contributed by atoms with van der Waals surface area (Å²) in [7, 11) is 1.60. The van der Waals surface area contributed by atoms with Crippen molar-refractivity contribution >= 4 is 27.5 Å². The van der Waals surface area contributed by atoms with Gasteiger partial charge in [0, 0.05) is 17.0 Å². The molecule has 6 nitrogen and oxygen atoms in total. The van der Waals surface area contributed by atoms with Crippen molar-refractivity contribution in [3.8, 4) is 5.75 Å². The Labute approximate surface area is 154 Å². The van der Waals surface area contributed by atoms with E-state index in [9.17, 15) is 9.59 Å². The third kappa shape index (κ3) is 2.99. The summed E-state index contributed by atoms with van der Waals surface area (Å²) in [6.07, 6.45) is 4.51. The molecule has 0 atom stereocenters. The molecule has 0 radical (unpaired) electrons. The van der Waals surface area contributed by atoms with Gasteiger partial charge in [-0.3, -0.25) is 14.2 Å². The molecule has 134 valence electrons. The molecule has 0 saturated heterocycles. The fraction of sp³-hybridized carbons (Fsp3) is 0.316. The number of benzene rings is 1. The highest BCUT2D eigenvalue weighted by molar-refractivity contribution is 7.18. The zero-order valence-electron chi connectivity index (χ0n) is 14.4. The molecular weight excluding hydrogens is 350 g/mol. The quantitative estimate of drug-likeness (QED) is 0.749. The second-order valence-electron chi connectivity index (χ2n) is 6.30. The highest BCUT2D eigenvalue weighted by atomic mass is 32.1. The van der Waals surface area contributed by atoms with Gasteiger partial charge in [-0.05, 0) is 30.9 Å². The van der Waals surface area contributed by atoms with Gasteiger partial charge in [-0.2, -0.15) is 0 Å². The topological polar surface area (TPSA) is 73.2 Å². The second-order valence-corrected chi connectivity index (χ2v) is 7.39. The first-order valence-corrected chi connectivity index (χ1v) is 9.37. The molecule has 1 amide bonds. The van der Waals surface area contributed by atoms with Gasteiger partial charge in [0.05, 0.1) is 18.8 Å². The van der Waals surface area contributed by atoms with Crippen molar-refractivity contribution in [3.63, 3.8) is 0 Å². The molecule has 0 fully saturated rings. The minimum atomic E-state index is -0.231. The number of methoxy groups -OCH3 is 1. The second kappa shape index (κ2) is 6.92. The van der Waals surface area contributed by atoms with E-state index >= 15 is 0 Å². The molecule has 1 N–H and O–H groups in total. The van der Waals surface area contributed by atoms with Gasteiger partial charge < -0.3 is 10.1 Å². The highest BCUT2D eigenvalue weighted by Gasteiger charge is 2.21. The Morgan fingerprint density at radius 2 is 2.19 bits per heavy atom. The van der Waals surface area contributed by atoms with Crippen LogP contribution in [0.2, 0.25) is 0 Å².